The summed E-state index contributed by atoms with van der Waals surface area (Å²) in [6.45, 7) is 0. The van der Waals surface area contributed by atoms with E-state index in [0.29, 0.717) is 5.92 Å². The van der Waals surface area contributed by atoms with Gasteiger partial charge in [-0.05, 0) is 34.7 Å². The molecule has 1 saturated carbocycles. The van der Waals surface area contributed by atoms with Gasteiger partial charge in [-0.2, -0.15) is 0 Å². The summed E-state index contributed by atoms with van der Waals surface area (Å²) >= 11 is 5.03. The summed E-state index contributed by atoms with van der Waals surface area (Å²) < 4.78 is 1.08. The molecule has 1 heterocycles. The van der Waals surface area contributed by atoms with E-state index in [0.717, 1.165) is 28.1 Å². The summed E-state index contributed by atoms with van der Waals surface area (Å²) in [6.07, 6.45) is 4.81. The van der Waals surface area contributed by atoms with E-state index in [9.17, 15) is 5.11 Å². The largest absolute Gasteiger partial charge is 0.393 e. The zero-order valence-electron chi connectivity index (χ0n) is 6.53. The van der Waals surface area contributed by atoms with Gasteiger partial charge in [0.2, 0.25) is 0 Å². The molecule has 4 heteroatoms. The van der Waals surface area contributed by atoms with Crippen LogP contribution in [0.5, 0.6) is 0 Å². The van der Waals surface area contributed by atoms with Crippen LogP contribution in [0.2, 0.25) is 0 Å². The highest BCUT2D eigenvalue weighted by atomic mass is 79.9. The quantitative estimate of drug-likeness (QED) is 0.870. The third-order valence-corrected chi connectivity index (χ3v) is 3.84. The van der Waals surface area contributed by atoms with Gasteiger partial charge in [0.1, 0.15) is 0 Å². The van der Waals surface area contributed by atoms with Gasteiger partial charge in [0.15, 0.2) is 0 Å². The van der Waals surface area contributed by atoms with E-state index >= 15 is 0 Å². The lowest BCUT2D eigenvalue weighted by atomic mass is 9.80. The van der Waals surface area contributed by atoms with Gasteiger partial charge in [0, 0.05) is 6.42 Å². The summed E-state index contributed by atoms with van der Waals surface area (Å²) in [7, 11) is 0. The molecule has 0 bridgehead atoms. The van der Waals surface area contributed by atoms with E-state index in [2.05, 4.69) is 20.9 Å². The Balaban J connectivity index is 1.95. The molecular formula is C8H10BrNOS. The van der Waals surface area contributed by atoms with Gasteiger partial charge < -0.3 is 5.11 Å². The number of rotatable bonds is 2. The topological polar surface area (TPSA) is 33.1 Å². The molecule has 0 radical (unpaired) electrons. The van der Waals surface area contributed by atoms with Gasteiger partial charge in [0.05, 0.1) is 21.1 Å². The van der Waals surface area contributed by atoms with Gasteiger partial charge in [-0.1, -0.05) is 0 Å². The van der Waals surface area contributed by atoms with Crippen molar-refractivity contribution in [1.82, 2.24) is 4.98 Å². The number of aliphatic hydroxyl groups excluding tert-OH is 1. The van der Waals surface area contributed by atoms with Crippen LogP contribution < -0.4 is 0 Å². The Morgan fingerprint density at radius 1 is 1.67 bits per heavy atom. The molecule has 0 spiro atoms. The van der Waals surface area contributed by atoms with Crippen molar-refractivity contribution in [3.05, 3.63) is 15.0 Å². The molecular weight excluding hydrogens is 238 g/mol. The number of hydrogen-bond donors (Lipinski definition) is 1. The van der Waals surface area contributed by atoms with Crippen LogP contribution in [0.15, 0.2) is 9.98 Å². The molecule has 2 atom stereocenters. The summed E-state index contributed by atoms with van der Waals surface area (Å²) in [4.78, 5) is 4.23. The SMILES string of the molecule is OC1CCC1Cc1ncc(Br)s1. The van der Waals surface area contributed by atoms with Crippen LogP contribution in [-0.4, -0.2) is 16.2 Å². The highest BCUT2D eigenvalue weighted by Gasteiger charge is 2.29. The summed E-state index contributed by atoms with van der Waals surface area (Å²) in [5.41, 5.74) is 0. The smallest absolute Gasteiger partial charge is 0.0940 e. The van der Waals surface area contributed by atoms with Crippen LogP contribution in [0.1, 0.15) is 17.8 Å². The summed E-state index contributed by atoms with van der Waals surface area (Å²) in [5.74, 6) is 0.461. The molecule has 2 rings (SSSR count). The molecule has 2 unspecified atom stereocenters. The van der Waals surface area contributed by atoms with Crippen molar-refractivity contribution in [3.8, 4) is 0 Å². The third-order valence-electron chi connectivity index (χ3n) is 2.34. The molecule has 0 aromatic carbocycles. The standard InChI is InChI=1S/C8H10BrNOS/c9-7-4-10-8(12-7)3-5-1-2-6(5)11/h4-6,11H,1-3H2. The van der Waals surface area contributed by atoms with Crippen molar-refractivity contribution < 1.29 is 5.11 Å². The predicted molar refractivity (Wildman–Crippen MR) is 52.2 cm³/mol. The maximum absolute atomic E-state index is 9.34. The van der Waals surface area contributed by atoms with Crippen molar-refractivity contribution >= 4 is 27.3 Å². The lowest BCUT2D eigenvalue weighted by molar-refractivity contribution is 0.0244. The molecule has 1 aromatic rings. The molecule has 1 aliphatic rings. The van der Waals surface area contributed by atoms with Gasteiger partial charge in [-0.15, -0.1) is 11.3 Å². The molecule has 1 fully saturated rings. The average molecular weight is 248 g/mol. The third kappa shape index (κ3) is 1.70. The Kier molecular flexibility index (Phi) is 2.48. The molecule has 0 saturated heterocycles. The van der Waals surface area contributed by atoms with Crippen LogP contribution in [0, 0.1) is 5.92 Å². The molecule has 1 aliphatic carbocycles. The minimum absolute atomic E-state index is 0.0762. The predicted octanol–water partition coefficient (Wildman–Crippen LogP) is 2.22. The van der Waals surface area contributed by atoms with Crippen LogP contribution in [0.25, 0.3) is 0 Å². The minimum Gasteiger partial charge on any atom is -0.393 e. The Labute approximate surface area is 83.8 Å². The van der Waals surface area contributed by atoms with Crippen molar-refractivity contribution in [3.63, 3.8) is 0 Å². The summed E-state index contributed by atoms with van der Waals surface area (Å²) in [6, 6.07) is 0. The maximum Gasteiger partial charge on any atom is 0.0940 e. The van der Waals surface area contributed by atoms with E-state index in [1.54, 1.807) is 11.3 Å². The second-order valence-corrected chi connectivity index (χ2v) is 5.66. The lowest BCUT2D eigenvalue weighted by Crippen LogP contribution is -2.32. The van der Waals surface area contributed by atoms with Crippen molar-refractivity contribution in [1.29, 1.82) is 0 Å². The molecule has 0 aliphatic heterocycles. The van der Waals surface area contributed by atoms with E-state index in [1.165, 1.54) is 0 Å². The van der Waals surface area contributed by atoms with Gasteiger partial charge >= 0.3 is 0 Å². The average Bonchev–Trinajstić information content (AvgIpc) is 2.44. The zero-order chi connectivity index (χ0) is 8.55. The Morgan fingerprint density at radius 3 is 2.92 bits per heavy atom. The number of halogens is 1. The summed E-state index contributed by atoms with van der Waals surface area (Å²) in [5, 5.41) is 10.5. The van der Waals surface area contributed by atoms with Crippen LogP contribution >= 0.6 is 27.3 Å². The van der Waals surface area contributed by atoms with Crippen molar-refractivity contribution in [2.45, 2.75) is 25.4 Å². The fourth-order valence-corrected chi connectivity index (χ4v) is 2.79. The molecule has 0 amide bonds. The first-order valence-corrected chi connectivity index (χ1v) is 5.65. The first kappa shape index (κ1) is 8.66. The molecule has 1 aromatic heterocycles. The van der Waals surface area contributed by atoms with Gasteiger partial charge in [-0.3, -0.25) is 0 Å². The Bertz CT molecular complexity index is 276. The first-order valence-electron chi connectivity index (χ1n) is 4.04. The zero-order valence-corrected chi connectivity index (χ0v) is 8.94. The highest BCUT2D eigenvalue weighted by Crippen LogP contribution is 2.32. The number of hydrogen-bond acceptors (Lipinski definition) is 3. The van der Waals surface area contributed by atoms with Crippen molar-refractivity contribution in [2.24, 2.45) is 5.92 Å². The fraction of sp³-hybridized carbons (Fsp3) is 0.625. The fourth-order valence-electron chi connectivity index (χ4n) is 1.40. The first-order chi connectivity index (χ1) is 5.75. The molecule has 66 valence electrons. The Morgan fingerprint density at radius 2 is 2.50 bits per heavy atom. The molecule has 2 nitrogen and oxygen atoms in total. The molecule has 1 N–H and O–H groups in total. The van der Waals surface area contributed by atoms with E-state index in [4.69, 9.17) is 0 Å². The Hall–Kier alpha value is 0.0700. The number of aliphatic hydroxyl groups is 1. The van der Waals surface area contributed by atoms with Gasteiger partial charge in [-0.25, -0.2) is 4.98 Å². The maximum atomic E-state index is 9.34. The number of aromatic nitrogens is 1. The van der Waals surface area contributed by atoms with E-state index < -0.39 is 0 Å². The van der Waals surface area contributed by atoms with E-state index in [-0.39, 0.29) is 6.10 Å². The van der Waals surface area contributed by atoms with Crippen LogP contribution in [-0.2, 0) is 6.42 Å². The van der Waals surface area contributed by atoms with Crippen LogP contribution in [0.3, 0.4) is 0 Å². The normalized spacial score (nSPS) is 28.5. The monoisotopic (exact) mass is 247 g/mol. The van der Waals surface area contributed by atoms with Gasteiger partial charge in [0.25, 0.3) is 0 Å². The molecule has 12 heavy (non-hydrogen) atoms. The number of nitrogens with zero attached hydrogens (tertiary/aromatic N) is 1. The van der Waals surface area contributed by atoms with Crippen LogP contribution in [0.4, 0.5) is 0 Å². The van der Waals surface area contributed by atoms with E-state index in [1.807, 2.05) is 6.20 Å². The minimum atomic E-state index is -0.0762. The lowest BCUT2D eigenvalue weighted by Gasteiger charge is -2.31. The number of thiazole rings is 1. The highest BCUT2D eigenvalue weighted by molar-refractivity contribution is 9.11. The second-order valence-electron chi connectivity index (χ2n) is 3.17. The second kappa shape index (κ2) is 3.44. The van der Waals surface area contributed by atoms with Crippen molar-refractivity contribution in [2.75, 3.05) is 0 Å².